The number of amides is 2. The molecule has 1 aliphatic heterocycles. The van der Waals surface area contributed by atoms with Gasteiger partial charge in [-0.1, -0.05) is 41.6 Å². The first-order valence-corrected chi connectivity index (χ1v) is 9.44. The predicted octanol–water partition coefficient (Wildman–Crippen LogP) is 4.38. The van der Waals surface area contributed by atoms with Crippen molar-refractivity contribution in [3.63, 3.8) is 0 Å². The second-order valence-electron chi connectivity index (χ2n) is 6.06. The quantitative estimate of drug-likeness (QED) is 0.821. The van der Waals surface area contributed by atoms with E-state index >= 15 is 0 Å². The number of para-hydroxylation sites is 1. The number of amidine groups is 1. The Morgan fingerprint density at radius 2 is 2.07 bits per heavy atom. The van der Waals surface area contributed by atoms with Crippen LogP contribution in [0.2, 0.25) is 5.02 Å². The third kappa shape index (κ3) is 4.48. The largest absolute Gasteiger partial charge is 0.324 e. The van der Waals surface area contributed by atoms with Crippen molar-refractivity contribution >= 4 is 51.7 Å². The molecule has 1 unspecified atom stereocenters. The van der Waals surface area contributed by atoms with Crippen LogP contribution in [0.5, 0.6) is 0 Å². The molecule has 1 aliphatic rings. The molecule has 140 valence electrons. The molecule has 2 aromatic rings. The first kappa shape index (κ1) is 19.4. The van der Waals surface area contributed by atoms with Crippen molar-refractivity contribution in [1.29, 1.82) is 0 Å². The van der Waals surface area contributed by atoms with Crippen LogP contribution in [0.3, 0.4) is 0 Å². The van der Waals surface area contributed by atoms with Gasteiger partial charge in [0.05, 0.1) is 11.4 Å². The zero-order valence-corrected chi connectivity index (χ0v) is 16.3. The Kier molecular flexibility index (Phi) is 5.82. The van der Waals surface area contributed by atoms with E-state index in [0.29, 0.717) is 15.9 Å². The molecular weight excluding hydrogens is 389 g/mol. The summed E-state index contributed by atoms with van der Waals surface area (Å²) in [5, 5.41) is 2.97. The summed E-state index contributed by atoms with van der Waals surface area (Å²) in [5.41, 5.74) is 1.66. The summed E-state index contributed by atoms with van der Waals surface area (Å²) < 4.78 is 13.6. The van der Waals surface area contributed by atoms with Gasteiger partial charge in [0.15, 0.2) is 5.17 Å². The number of hydrogen-bond acceptors (Lipinski definition) is 4. The van der Waals surface area contributed by atoms with Gasteiger partial charge in [0.2, 0.25) is 11.8 Å². The second kappa shape index (κ2) is 8.10. The van der Waals surface area contributed by atoms with E-state index in [2.05, 4.69) is 10.3 Å². The number of carbonyl (C=O) groups is 2. The number of aryl methyl sites for hydroxylation is 1. The Balaban J connectivity index is 1.70. The number of carbonyl (C=O) groups excluding carboxylic acids is 2. The number of thioether (sulfide) groups is 1. The third-order valence-electron chi connectivity index (χ3n) is 4.04. The molecule has 5 nitrogen and oxygen atoms in total. The topological polar surface area (TPSA) is 61.8 Å². The molecular formula is C19H17ClFN3O2S. The summed E-state index contributed by atoms with van der Waals surface area (Å²) in [6.45, 7) is 1.89. The molecule has 1 heterocycles. The van der Waals surface area contributed by atoms with E-state index in [0.717, 1.165) is 5.56 Å². The fourth-order valence-electron chi connectivity index (χ4n) is 2.49. The number of anilines is 1. The molecule has 2 amide bonds. The molecule has 0 aliphatic carbocycles. The number of nitrogens with one attached hydrogen (secondary N) is 1. The highest BCUT2D eigenvalue weighted by Crippen LogP contribution is 2.32. The van der Waals surface area contributed by atoms with Gasteiger partial charge in [-0.25, -0.2) is 9.38 Å². The van der Waals surface area contributed by atoms with E-state index in [9.17, 15) is 14.0 Å². The van der Waals surface area contributed by atoms with Crippen LogP contribution in [-0.2, 0) is 9.59 Å². The Bertz CT molecular complexity index is 935. The molecule has 0 saturated carbocycles. The maximum atomic E-state index is 13.6. The lowest BCUT2D eigenvalue weighted by Gasteiger charge is -2.09. The molecule has 8 heteroatoms. The molecule has 3 rings (SSSR count). The van der Waals surface area contributed by atoms with Crippen LogP contribution in [0, 0.1) is 12.7 Å². The van der Waals surface area contributed by atoms with Crippen molar-refractivity contribution in [2.75, 3.05) is 12.4 Å². The Labute approximate surface area is 165 Å². The van der Waals surface area contributed by atoms with Crippen LogP contribution >= 0.6 is 23.4 Å². The highest BCUT2D eigenvalue weighted by atomic mass is 35.5. The molecule has 0 radical (unpaired) electrons. The van der Waals surface area contributed by atoms with E-state index in [1.54, 1.807) is 19.2 Å². The Morgan fingerprint density at radius 1 is 1.33 bits per heavy atom. The smallest absolute Gasteiger partial charge is 0.242 e. The predicted molar refractivity (Wildman–Crippen MR) is 107 cm³/mol. The number of halogens is 2. The van der Waals surface area contributed by atoms with Gasteiger partial charge in [-0.3, -0.25) is 14.5 Å². The van der Waals surface area contributed by atoms with Crippen LogP contribution < -0.4 is 5.32 Å². The van der Waals surface area contributed by atoms with Crippen molar-refractivity contribution in [3.8, 4) is 0 Å². The fourth-order valence-corrected chi connectivity index (χ4v) is 3.82. The maximum Gasteiger partial charge on any atom is 0.242 e. The van der Waals surface area contributed by atoms with E-state index in [4.69, 9.17) is 11.6 Å². The van der Waals surface area contributed by atoms with Crippen LogP contribution in [0.15, 0.2) is 47.5 Å². The van der Waals surface area contributed by atoms with E-state index in [-0.39, 0.29) is 18.0 Å². The molecule has 1 N–H and O–H groups in total. The lowest BCUT2D eigenvalue weighted by molar-refractivity contribution is -0.127. The van der Waals surface area contributed by atoms with E-state index < -0.39 is 17.0 Å². The lowest BCUT2D eigenvalue weighted by atomic mass is 10.2. The average Bonchev–Trinajstić information content (AvgIpc) is 2.88. The molecule has 1 atom stereocenters. The minimum Gasteiger partial charge on any atom is -0.324 e. The highest BCUT2D eigenvalue weighted by molar-refractivity contribution is 8.15. The van der Waals surface area contributed by atoms with Gasteiger partial charge in [-0.2, -0.15) is 0 Å². The third-order valence-corrected chi connectivity index (χ3v) is 5.68. The Hall–Kier alpha value is -2.38. The maximum absolute atomic E-state index is 13.6. The summed E-state index contributed by atoms with van der Waals surface area (Å²) in [7, 11) is 1.61. The average molecular weight is 406 g/mol. The van der Waals surface area contributed by atoms with Gasteiger partial charge < -0.3 is 5.32 Å². The van der Waals surface area contributed by atoms with Gasteiger partial charge in [0.25, 0.3) is 0 Å². The first-order chi connectivity index (χ1) is 12.8. The fraction of sp³-hybridized carbons (Fsp3) is 0.211. The van der Waals surface area contributed by atoms with Gasteiger partial charge in [-0.05, 0) is 36.8 Å². The van der Waals surface area contributed by atoms with Crippen molar-refractivity contribution in [3.05, 3.63) is 58.9 Å². The van der Waals surface area contributed by atoms with Crippen molar-refractivity contribution < 1.29 is 14.0 Å². The lowest BCUT2D eigenvalue weighted by Crippen LogP contribution is -2.30. The summed E-state index contributed by atoms with van der Waals surface area (Å²) in [6.07, 6.45) is -0.0736. The van der Waals surface area contributed by atoms with Gasteiger partial charge in [0.1, 0.15) is 11.1 Å². The summed E-state index contributed by atoms with van der Waals surface area (Å²) in [5.74, 6) is -1.17. The normalized spacial score (nSPS) is 18.2. The van der Waals surface area contributed by atoms with Gasteiger partial charge in [-0.15, -0.1) is 0 Å². The number of aliphatic imine (C=N–C) groups is 1. The first-order valence-electron chi connectivity index (χ1n) is 8.18. The van der Waals surface area contributed by atoms with Gasteiger partial charge in [0, 0.05) is 18.5 Å². The Morgan fingerprint density at radius 3 is 2.78 bits per heavy atom. The highest BCUT2D eigenvalue weighted by Gasteiger charge is 2.37. The SMILES string of the molecule is Cc1ccc(N=C2SC(CC(=O)Nc3ccccc3F)C(=O)N2C)cc1Cl. The minimum absolute atomic E-state index is 0.0736. The van der Waals surface area contributed by atoms with Crippen LogP contribution in [0.1, 0.15) is 12.0 Å². The van der Waals surface area contributed by atoms with Crippen molar-refractivity contribution in [2.45, 2.75) is 18.6 Å². The van der Waals surface area contributed by atoms with Crippen LogP contribution in [0.4, 0.5) is 15.8 Å². The molecule has 27 heavy (non-hydrogen) atoms. The van der Waals surface area contributed by atoms with E-state index in [1.165, 1.54) is 34.9 Å². The number of rotatable bonds is 4. The van der Waals surface area contributed by atoms with Crippen LogP contribution in [-0.4, -0.2) is 34.2 Å². The molecule has 0 spiro atoms. The second-order valence-corrected chi connectivity index (χ2v) is 7.64. The summed E-state index contributed by atoms with van der Waals surface area (Å²) >= 11 is 7.32. The zero-order valence-electron chi connectivity index (χ0n) is 14.7. The molecule has 0 aromatic heterocycles. The standard InChI is InChI=1S/C19H17ClFN3O2S/c1-11-7-8-12(9-13(11)20)22-19-24(2)18(26)16(27-19)10-17(25)23-15-6-4-3-5-14(15)21/h3-9,16H,10H2,1-2H3,(H,23,25). The summed E-state index contributed by atoms with van der Waals surface area (Å²) in [4.78, 5) is 30.5. The van der Waals surface area contributed by atoms with E-state index in [1.807, 2.05) is 19.1 Å². The number of nitrogens with zero attached hydrogens (tertiary/aromatic N) is 2. The van der Waals surface area contributed by atoms with Crippen molar-refractivity contribution in [1.82, 2.24) is 4.90 Å². The zero-order chi connectivity index (χ0) is 19.6. The van der Waals surface area contributed by atoms with Gasteiger partial charge >= 0.3 is 0 Å². The monoisotopic (exact) mass is 405 g/mol. The molecule has 1 fully saturated rings. The van der Waals surface area contributed by atoms with Crippen molar-refractivity contribution in [2.24, 2.45) is 4.99 Å². The molecule has 0 bridgehead atoms. The molecule has 1 saturated heterocycles. The number of hydrogen-bond donors (Lipinski definition) is 1. The minimum atomic E-state index is -0.610. The number of benzene rings is 2. The summed E-state index contributed by atoms with van der Waals surface area (Å²) in [6, 6.07) is 11.3. The van der Waals surface area contributed by atoms with Crippen LogP contribution in [0.25, 0.3) is 0 Å². The molecule has 2 aromatic carbocycles.